The maximum atomic E-state index is 12.1. The van der Waals surface area contributed by atoms with E-state index in [9.17, 15) is 34.2 Å². The van der Waals surface area contributed by atoms with Gasteiger partial charge in [0.25, 0.3) is 0 Å². The first-order valence-electron chi connectivity index (χ1n) is 9.98. The van der Waals surface area contributed by atoms with Crippen LogP contribution in [0, 0.1) is 0 Å². The molecule has 0 aliphatic carbocycles. The molecule has 2 aromatic rings. The van der Waals surface area contributed by atoms with Crippen molar-refractivity contribution in [1.82, 2.24) is 24.8 Å². The number of β-amino-alcohol motifs (C(OH)–C–C–N with tert-alkyl or cyclic N) is 1. The second-order valence-electron chi connectivity index (χ2n) is 7.73. The van der Waals surface area contributed by atoms with Gasteiger partial charge in [-0.1, -0.05) is 0 Å². The Morgan fingerprint density at radius 3 is 2.50 bits per heavy atom. The summed E-state index contributed by atoms with van der Waals surface area (Å²) in [6, 6.07) is -0.446. The first kappa shape index (κ1) is 25.5. The normalized spacial score (nSPS) is 33.2. The summed E-state index contributed by atoms with van der Waals surface area (Å²) in [5.41, 5.74) is 6.18. The lowest BCUT2D eigenvalue weighted by atomic mass is 10.1. The van der Waals surface area contributed by atoms with E-state index in [0.717, 1.165) is 0 Å². The molecular formula is C15H24N6O11P2. The van der Waals surface area contributed by atoms with E-state index in [2.05, 4.69) is 33.6 Å². The molecule has 2 aromatic heterocycles. The predicted molar refractivity (Wildman–Crippen MR) is 111 cm³/mol. The van der Waals surface area contributed by atoms with Crippen molar-refractivity contribution in [2.24, 2.45) is 0 Å². The van der Waals surface area contributed by atoms with Crippen LogP contribution >= 0.6 is 15.6 Å². The number of hydrogen-bond acceptors (Lipinski definition) is 14. The van der Waals surface area contributed by atoms with Crippen molar-refractivity contribution < 1.29 is 52.3 Å². The second-order valence-corrected chi connectivity index (χ2v) is 10.8. The van der Waals surface area contributed by atoms with Gasteiger partial charge in [-0.15, -0.1) is 0 Å². The SMILES string of the molecule is Nc1ncnc2c1ncn2C1O[C@H](COP(=O)(O)OP(=O)(O)OCC2C[C@@H](O)CN2)[C@@H](O)[C@H]1O. The Morgan fingerprint density at radius 2 is 1.82 bits per heavy atom. The van der Waals surface area contributed by atoms with E-state index in [4.69, 9.17) is 10.5 Å². The van der Waals surface area contributed by atoms with E-state index in [0.29, 0.717) is 0 Å². The third-order valence-corrected chi connectivity index (χ3v) is 7.85. The monoisotopic (exact) mass is 526 g/mol. The summed E-state index contributed by atoms with van der Waals surface area (Å²) < 4.78 is 44.6. The molecule has 4 heterocycles. The molecule has 0 amide bonds. The highest BCUT2D eigenvalue weighted by Crippen LogP contribution is 2.60. The Kier molecular flexibility index (Phi) is 7.36. The molecule has 4 rings (SSSR count). The number of nitrogens with one attached hydrogen (secondary N) is 1. The Bertz CT molecular complexity index is 1120. The van der Waals surface area contributed by atoms with Gasteiger partial charge in [-0.25, -0.2) is 24.1 Å². The molecule has 0 bridgehead atoms. The van der Waals surface area contributed by atoms with E-state index in [1.807, 2.05) is 0 Å². The molecule has 2 fully saturated rings. The fourth-order valence-corrected chi connectivity index (χ4v) is 5.73. The van der Waals surface area contributed by atoms with Crippen LogP contribution in [0.3, 0.4) is 0 Å². The molecule has 0 aromatic carbocycles. The molecule has 17 nitrogen and oxygen atoms in total. The number of aliphatic hydroxyl groups is 3. The Labute approximate surface area is 191 Å². The van der Waals surface area contributed by atoms with Crippen LogP contribution < -0.4 is 11.1 Å². The minimum Gasteiger partial charge on any atom is -0.392 e. The largest absolute Gasteiger partial charge is 0.481 e. The Hall–Kier alpha value is -1.59. The van der Waals surface area contributed by atoms with Gasteiger partial charge in [0.2, 0.25) is 0 Å². The summed E-state index contributed by atoms with van der Waals surface area (Å²) >= 11 is 0. The van der Waals surface area contributed by atoms with Gasteiger partial charge in [0.05, 0.1) is 25.6 Å². The van der Waals surface area contributed by atoms with Crippen molar-refractivity contribution in [3.63, 3.8) is 0 Å². The van der Waals surface area contributed by atoms with Crippen molar-refractivity contribution in [2.75, 3.05) is 25.5 Å². The van der Waals surface area contributed by atoms with Gasteiger partial charge < -0.3 is 40.9 Å². The van der Waals surface area contributed by atoms with Crippen molar-refractivity contribution in [3.8, 4) is 0 Å². The number of phosphoric ester groups is 2. The first-order chi connectivity index (χ1) is 16.0. The zero-order valence-electron chi connectivity index (χ0n) is 17.4. The summed E-state index contributed by atoms with van der Waals surface area (Å²) in [7, 11) is -10.2. The molecular weight excluding hydrogens is 502 g/mol. The van der Waals surface area contributed by atoms with Gasteiger partial charge in [-0.2, -0.15) is 4.31 Å². The molecule has 2 saturated heterocycles. The molecule has 0 saturated carbocycles. The number of nitrogens with two attached hydrogens (primary N) is 1. The predicted octanol–water partition coefficient (Wildman–Crippen LogP) is -2.00. The van der Waals surface area contributed by atoms with Gasteiger partial charge in [-0.05, 0) is 6.42 Å². The number of hydrogen-bond donors (Lipinski definition) is 7. The van der Waals surface area contributed by atoms with E-state index in [-0.39, 0.29) is 36.6 Å². The zero-order chi connectivity index (χ0) is 24.7. The van der Waals surface area contributed by atoms with Gasteiger partial charge in [-0.3, -0.25) is 13.6 Å². The number of aliphatic hydroxyl groups excluding tert-OH is 3. The summed E-state index contributed by atoms with van der Waals surface area (Å²) in [4.78, 5) is 31.4. The molecule has 0 radical (unpaired) electrons. The summed E-state index contributed by atoms with van der Waals surface area (Å²) in [6.07, 6.45) is -3.56. The van der Waals surface area contributed by atoms with Crippen LogP contribution in [0.4, 0.5) is 5.82 Å². The van der Waals surface area contributed by atoms with Crippen LogP contribution in [0.25, 0.3) is 11.2 Å². The fourth-order valence-electron chi connectivity index (χ4n) is 3.61. The summed E-state index contributed by atoms with van der Waals surface area (Å²) in [5, 5.41) is 32.9. The number of anilines is 1. The van der Waals surface area contributed by atoms with Crippen LogP contribution in [0.1, 0.15) is 12.6 Å². The topological polar surface area (TPSA) is 254 Å². The number of phosphoric acid groups is 2. The third-order valence-electron chi connectivity index (χ3n) is 5.24. The molecule has 8 N–H and O–H groups in total. The Balaban J connectivity index is 1.34. The van der Waals surface area contributed by atoms with E-state index in [1.54, 1.807) is 0 Å². The smallest absolute Gasteiger partial charge is 0.392 e. The highest BCUT2D eigenvalue weighted by atomic mass is 31.3. The minimum absolute atomic E-state index is 0.0885. The van der Waals surface area contributed by atoms with E-state index < -0.39 is 58.9 Å². The molecule has 190 valence electrons. The number of nitrogens with zero attached hydrogens (tertiary/aromatic N) is 4. The van der Waals surface area contributed by atoms with Crippen molar-refractivity contribution in [3.05, 3.63) is 12.7 Å². The summed E-state index contributed by atoms with van der Waals surface area (Å²) in [5.74, 6) is 0.0885. The number of rotatable bonds is 9. The third kappa shape index (κ3) is 5.62. The molecule has 8 atom stereocenters. The number of nitrogen functional groups attached to an aromatic ring is 1. The lowest BCUT2D eigenvalue weighted by Crippen LogP contribution is -2.33. The number of aromatic nitrogens is 4. The van der Waals surface area contributed by atoms with Crippen LogP contribution in [0.2, 0.25) is 0 Å². The standard InChI is InChI=1S/C15H24N6O11P2/c16-13-10-14(19-5-18-13)21(6-20-10)15-12(24)11(23)9(31-15)4-30-34(27,28)32-33(25,26)29-3-7-1-8(22)2-17-7/h5-9,11-12,15,17,22-24H,1-4H2,(H,25,26)(H,27,28)(H2,16,18,19)/t7?,8-,9-,11-,12-,15?/m1/s1. The van der Waals surface area contributed by atoms with Crippen LogP contribution in [0.5, 0.6) is 0 Å². The van der Waals surface area contributed by atoms with Crippen LogP contribution in [-0.2, 0) is 27.2 Å². The quantitative estimate of drug-likeness (QED) is 0.174. The van der Waals surface area contributed by atoms with E-state index >= 15 is 0 Å². The molecule has 2 aliphatic heterocycles. The first-order valence-corrected chi connectivity index (χ1v) is 13.0. The minimum atomic E-state index is -5.15. The van der Waals surface area contributed by atoms with Crippen molar-refractivity contribution >= 4 is 32.6 Å². The molecule has 34 heavy (non-hydrogen) atoms. The van der Waals surface area contributed by atoms with Crippen molar-refractivity contribution in [2.45, 2.75) is 43.1 Å². The van der Waals surface area contributed by atoms with Gasteiger partial charge in [0.1, 0.15) is 30.2 Å². The van der Waals surface area contributed by atoms with Crippen LogP contribution in [-0.4, -0.2) is 94.8 Å². The maximum Gasteiger partial charge on any atom is 0.481 e. The molecule has 4 unspecified atom stereocenters. The van der Waals surface area contributed by atoms with E-state index in [1.165, 1.54) is 17.2 Å². The average molecular weight is 526 g/mol. The van der Waals surface area contributed by atoms with Gasteiger partial charge >= 0.3 is 15.6 Å². The highest BCUT2D eigenvalue weighted by molar-refractivity contribution is 7.61. The Morgan fingerprint density at radius 1 is 1.12 bits per heavy atom. The molecule has 0 spiro atoms. The van der Waals surface area contributed by atoms with Gasteiger partial charge in [0.15, 0.2) is 17.7 Å². The number of fused-ring (bicyclic) bond motifs is 1. The lowest BCUT2D eigenvalue weighted by molar-refractivity contribution is -0.0504. The number of ether oxygens (including phenoxy) is 1. The van der Waals surface area contributed by atoms with Crippen LogP contribution in [0.15, 0.2) is 12.7 Å². The lowest BCUT2D eigenvalue weighted by Gasteiger charge is -2.20. The number of imidazole rings is 1. The second kappa shape index (κ2) is 9.81. The zero-order valence-corrected chi connectivity index (χ0v) is 19.2. The average Bonchev–Trinajstić information content (AvgIpc) is 3.44. The molecule has 19 heteroatoms. The maximum absolute atomic E-state index is 12.1. The summed E-state index contributed by atoms with van der Waals surface area (Å²) in [6.45, 7) is -0.878. The highest BCUT2D eigenvalue weighted by Gasteiger charge is 2.46. The van der Waals surface area contributed by atoms with Gasteiger partial charge in [0, 0.05) is 12.6 Å². The van der Waals surface area contributed by atoms with Crippen molar-refractivity contribution in [1.29, 1.82) is 0 Å². The molecule has 2 aliphatic rings. The fraction of sp³-hybridized carbons (Fsp3) is 0.667.